The highest BCUT2D eigenvalue weighted by molar-refractivity contribution is 5.87. The van der Waals surface area contributed by atoms with Gasteiger partial charge in [-0.05, 0) is 57.2 Å². The van der Waals surface area contributed by atoms with Crippen molar-refractivity contribution in [1.82, 2.24) is 19.9 Å². The normalized spacial score (nSPS) is 15.5. The molecule has 1 fully saturated rings. The van der Waals surface area contributed by atoms with E-state index in [1.165, 1.54) is 0 Å². The Morgan fingerprint density at radius 1 is 1.21 bits per heavy atom. The van der Waals surface area contributed by atoms with Gasteiger partial charge in [-0.3, -0.25) is 14.6 Å². The van der Waals surface area contributed by atoms with Crippen molar-refractivity contribution >= 4 is 28.6 Å². The zero-order valence-electron chi connectivity index (χ0n) is 19.4. The molecule has 1 aliphatic rings. The summed E-state index contributed by atoms with van der Waals surface area (Å²) >= 11 is 0. The average Bonchev–Trinajstić information content (AvgIpc) is 3.21. The highest BCUT2D eigenvalue weighted by atomic mass is 16.5. The number of likely N-dealkylation sites (tertiary alicyclic amines) is 1. The molecule has 8 nitrogen and oxygen atoms in total. The van der Waals surface area contributed by atoms with E-state index < -0.39 is 5.92 Å². The summed E-state index contributed by atoms with van der Waals surface area (Å²) in [5.41, 5.74) is 11.2. The monoisotopic (exact) mass is 449 g/mol. The van der Waals surface area contributed by atoms with E-state index in [9.17, 15) is 9.59 Å². The highest BCUT2D eigenvalue weighted by Crippen LogP contribution is 2.33. The number of nitrogen functional groups attached to an aromatic ring is 1. The quantitative estimate of drug-likeness (QED) is 0.439. The summed E-state index contributed by atoms with van der Waals surface area (Å²) in [6, 6.07) is 7.06. The second-order valence-electron chi connectivity index (χ2n) is 8.68. The number of amides is 1. The summed E-state index contributed by atoms with van der Waals surface area (Å²) in [5, 5.41) is 0. The number of ether oxygens (including phenoxy) is 1. The van der Waals surface area contributed by atoms with Crippen molar-refractivity contribution in [3.05, 3.63) is 53.1 Å². The molecular formula is C25H31N5O3. The van der Waals surface area contributed by atoms with Gasteiger partial charge in [0.05, 0.1) is 29.3 Å². The Kier molecular flexibility index (Phi) is 6.62. The van der Waals surface area contributed by atoms with Crippen molar-refractivity contribution < 1.29 is 14.3 Å². The third kappa shape index (κ3) is 4.84. The largest absolute Gasteiger partial charge is 0.466 e. The number of benzene rings is 1. The van der Waals surface area contributed by atoms with Gasteiger partial charge in [-0.1, -0.05) is 12.1 Å². The number of rotatable bonds is 6. The van der Waals surface area contributed by atoms with E-state index in [1.807, 2.05) is 24.9 Å². The number of imidazole rings is 1. The lowest BCUT2D eigenvalue weighted by Gasteiger charge is -2.33. The second kappa shape index (κ2) is 9.60. The van der Waals surface area contributed by atoms with Gasteiger partial charge in [-0.2, -0.15) is 0 Å². The molecule has 1 aliphatic heterocycles. The maximum Gasteiger partial charge on any atom is 0.313 e. The minimum Gasteiger partial charge on any atom is -0.466 e. The third-order valence-electron chi connectivity index (χ3n) is 6.43. The van der Waals surface area contributed by atoms with E-state index in [-0.39, 0.29) is 24.9 Å². The molecule has 0 radical (unpaired) electrons. The molecule has 3 aromatic rings. The lowest BCUT2D eigenvalue weighted by molar-refractivity contribution is -0.148. The van der Waals surface area contributed by atoms with E-state index in [2.05, 4.69) is 15.0 Å². The van der Waals surface area contributed by atoms with Crippen LogP contribution in [0.5, 0.6) is 0 Å². The number of anilines is 1. The maximum absolute atomic E-state index is 13.1. The van der Waals surface area contributed by atoms with Crippen molar-refractivity contribution in [1.29, 1.82) is 0 Å². The van der Waals surface area contributed by atoms with Crippen LogP contribution in [0, 0.1) is 13.8 Å². The third-order valence-corrected chi connectivity index (χ3v) is 6.43. The first-order valence-corrected chi connectivity index (χ1v) is 11.5. The summed E-state index contributed by atoms with van der Waals surface area (Å²) in [6.07, 6.45) is 3.69. The van der Waals surface area contributed by atoms with Crippen LogP contribution in [0.3, 0.4) is 0 Å². The van der Waals surface area contributed by atoms with Crippen molar-refractivity contribution in [2.45, 2.75) is 51.9 Å². The number of aromatic amines is 1. The molecule has 0 saturated carbocycles. The van der Waals surface area contributed by atoms with Crippen LogP contribution < -0.4 is 5.73 Å². The molecule has 1 unspecified atom stereocenters. The summed E-state index contributed by atoms with van der Waals surface area (Å²) in [7, 11) is 0. The minimum atomic E-state index is -0.635. The number of fused-ring (bicyclic) bond motifs is 1. The van der Waals surface area contributed by atoms with Crippen LogP contribution in [-0.2, 0) is 14.3 Å². The van der Waals surface area contributed by atoms with Gasteiger partial charge < -0.3 is 20.4 Å². The van der Waals surface area contributed by atoms with Gasteiger partial charge >= 0.3 is 5.97 Å². The van der Waals surface area contributed by atoms with Crippen molar-refractivity contribution in [3.8, 4) is 0 Å². The van der Waals surface area contributed by atoms with Gasteiger partial charge in [-0.15, -0.1) is 0 Å². The molecule has 0 spiro atoms. The molecule has 3 heterocycles. The number of hydrogen-bond acceptors (Lipinski definition) is 6. The fourth-order valence-electron chi connectivity index (χ4n) is 4.61. The Bertz CT molecular complexity index is 1150. The number of carbonyl (C=O) groups excluding carboxylic acids is 2. The van der Waals surface area contributed by atoms with Crippen molar-refractivity contribution in [3.63, 3.8) is 0 Å². The molecule has 1 amide bonds. The number of aromatic nitrogens is 3. The van der Waals surface area contributed by atoms with Gasteiger partial charge in [0, 0.05) is 37.0 Å². The first-order chi connectivity index (χ1) is 15.9. The van der Waals surface area contributed by atoms with Gasteiger partial charge in [0.2, 0.25) is 5.91 Å². The Morgan fingerprint density at radius 2 is 1.91 bits per heavy atom. The van der Waals surface area contributed by atoms with Crippen LogP contribution in [0.25, 0.3) is 11.0 Å². The summed E-state index contributed by atoms with van der Waals surface area (Å²) in [4.78, 5) is 40.1. The first kappa shape index (κ1) is 22.8. The molecule has 3 N–H and O–H groups in total. The van der Waals surface area contributed by atoms with Gasteiger partial charge in [0.1, 0.15) is 5.82 Å². The molecule has 0 aliphatic carbocycles. The number of nitrogens with zero attached hydrogens (tertiary/aromatic N) is 3. The van der Waals surface area contributed by atoms with Gasteiger partial charge in [0.25, 0.3) is 0 Å². The van der Waals surface area contributed by atoms with Crippen LogP contribution in [0.4, 0.5) is 5.69 Å². The number of hydrogen-bond donors (Lipinski definition) is 2. The Labute approximate surface area is 193 Å². The van der Waals surface area contributed by atoms with E-state index in [0.29, 0.717) is 24.7 Å². The number of carbonyl (C=O) groups is 2. The van der Waals surface area contributed by atoms with E-state index in [1.54, 1.807) is 31.2 Å². The Balaban J connectivity index is 1.44. The standard InChI is InChI=1S/C25H31N5O3/c1-4-33-25(32)20(17-5-7-19(26)8-6-17)13-22(31)30-11-9-18(10-12-30)21-14-27-15(2)23-24(21)29-16(3)28-23/h5-8,14,18,20H,4,9-13,26H2,1-3H3,(H,28,29). The predicted octanol–water partition coefficient (Wildman–Crippen LogP) is 3.60. The Hall–Kier alpha value is -3.42. The number of pyridine rings is 1. The first-order valence-electron chi connectivity index (χ1n) is 11.5. The summed E-state index contributed by atoms with van der Waals surface area (Å²) < 4.78 is 5.25. The van der Waals surface area contributed by atoms with E-state index >= 15 is 0 Å². The molecule has 2 aromatic heterocycles. The number of piperidine rings is 1. The van der Waals surface area contributed by atoms with Crippen LogP contribution in [0.2, 0.25) is 0 Å². The topological polar surface area (TPSA) is 114 Å². The summed E-state index contributed by atoms with van der Waals surface area (Å²) in [6.45, 7) is 7.24. The fraction of sp³-hybridized carbons (Fsp3) is 0.440. The van der Waals surface area contributed by atoms with E-state index in [4.69, 9.17) is 10.5 Å². The lowest BCUT2D eigenvalue weighted by atomic mass is 9.88. The van der Waals surface area contributed by atoms with Crippen molar-refractivity contribution in [2.24, 2.45) is 0 Å². The van der Waals surface area contributed by atoms with Crippen LogP contribution in [0.15, 0.2) is 30.5 Å². The second-order valence-corrected chi connectivity index (χ2v) is 8.68. The number of aryl methyl sites for hydroxylation is 2. The molecule has 0 bridgehead atoms. The highest BCUT2D eigenvalue weighted by Gasteiger charge is 2.31. The van der Waals surface area contributed by atoms with E-state index in [0.717, 1.165) is 46.5 Å². The fourth-order valence-corrected chi connectivity index (χ4v) is 4.61. The molecule has 1 saturated heterocycles. The Morgan fingerprint density at radius 3 is 2.58 bits per heavy atom. The molecule has 174 valence electrons. The summed E-state index contributed by atoms with van der Waals surface area (Å²) in [5.74, 6) is 0.121. The van der Waals surface area contributed by atoms with Crippen LogP contribution in [-0.4, -0.2) is 51.4 Å². The smallest absolute Gasteiger partial charge is 0.313 e. The molecule has 33 heavy (non-hydrogen) atoms. The van der Waals surface area contributed by atoms with Crippen LogP contribution >= 0.6 is 0 Å². The SMILES string of the molecule is CCOC(=O)C(CC(=O)N1CCC(c2cnc(C)c3[nH]c(C)nc23)CC1)c1ccc(N)cc1. The minimum absolute atomic E-state index is 0.0360. The van der Waals surface area contributed by atoms with Gasteiger partial charge in [-0.25, -0.2) is 4.98 Å². The molecule has 1 atom stereocenters. The zero-order chi connectivity index (χ0) is 23.5. The maximum atomic E-state index is 13.1. The molecule has 4 rings (SSSR count). The molecular weight excluding hydrogens is 418 g/mol. The molecule has 8 heteroatoms. The number of nitrogens with one attached hydrogen (secondary N) is 1. The van der Waals surface area contributed by atoms with Crippen molar-refractivity contribution in [2.75, 3.05) is 25.4 Å². The number of nitrogens with two attached hydrogens (primary N) is 1. The lowest BCUT2D eigenvalue weighted by Crippen LogP contribution is -2.39. The number of esters is 1. The molecule has 1 aromatic carbocycles. The van der Waals surface area contributed by atoms with Crippen LogP contribution in [0.1, 0.15) is 60.7 Å². The number of H-pyrrole nitrogens is 1. The van der Waals surface area contributed by atoms with Gasteiger partial charge in [0.15, 0.2) is 0 Å². The zero-order valence-corrected chi connectivity index (χ0v) is 19.4. The predicted molar refractivity (Wildman–Crippen MR) is 127 cm³/mol. The average molecular weight is 450 g/mol.